The summed E-state index contributed by atoms with van der Waals surface area (Å²) in [4.78, 5) is 0. The third-order valence-electron chi connectivity index (χ3n) is 3.21. The van der Waals surface area contributed by atoms with E-state index in [0.29, 0.717) is 6.04 Å². The Morgan fingerprint density at radius 3 is 2.41 bits per heavy atom. The molecule has 0 atom stereocenters. The predicted molar refractivity (Wildman–Crippen MR) is 76.8 cm³/mol. The Bertz CT molecular complexity index is 316. The van der Waals surface area contributed by atoms with Gasteiger partial charge in [-0.1, -0.05) is 9.62 Å². The number of ether oxygens (including phenoxy) is 1. The SMILES string of the molecule is CCN=S1(=NC(C)C)CCC(CCOC)CC1. The van der Waals surface area contributed by atoms with Gasteiger partial charge >= 0.3 is 0 Å². The lowest BCUT2D eigenvalue weighted by Crippen LogP contribution is -2.25. The van der Waals surface area contributed by atoms with Crippen LogP contribution in [0.15, 0.2) is 8.73 Å². The Morgan fingerprint density at radius 2 is 1.94 bits per heavy atom. The predicted octanol–water partition coefficient (Wildman–Crippen LogP) is 3.38. The van der Waals surface area contributed by atoms with Crippen molar-refractivity contribution >= 4 is 9.62 Å². The lowest BCUT2D eigenvalue weighted by molar-refractivity contribution is 0.175. The largest absolute Gasteiger partial charge is 0.385 e. The van der Waals surface area contributed by atoms with Crippen LogP contribution in [-0.2, 0) is 14.4 Å². The van der Waals surface area contributed by atoms with Crippen LogP contribution >= 0.6 is 0 Å². The maximum absolute atomic E-state index is 5.17. The molecule has 0 spiro atoms. The van der Waals surface area contributed by atoms with Gasteiger partial charge in [-0.15, -0.1) is 0 Å². The minimum Gasteiger partial charge on any atom is -0.385 e. The van der Waals surface area contributed by atoms with Gasteiger partial charge in [0.15, 0.2) is 0 Å². The zero-order valence-corrected chi connectivity index (χ0v) is 12.6. The lowest BCUT2D eigenvalue weighted by atomic mass is 10.00. The minimum absolute atomic E-state index is 0.427. The average Bonchev–Trinajstić information content (AvgIpc) is 2.28. The van der Waals surface area contributed by atoms with Crippen molar-refractivity contribution in [3.63, 3.8) is 0 Å². The van der Waals surface area contributed by atoms with Gasteiger partial charge in [0.25, 0.3) is 0 Å². The van der Waals surface area contributed by atoms with Crippen LogP contribution < -0.4 is 0 Å². The van der Waals surface area contributed by atoms with Gasteiger partial charge in [-0.25, -0.2) is 0 Å². The molecule has 4 heteroatoms. The maximum Gasteiger partial charge on any atom is 0.0522 e. The smallest absolute Gasteiger partial charge is 0.0522 e. The van der Waals surface area contributed by atoms with E-state index >= 15 is 0 Å². The minimum atomic E-state index is -0.996. The molecule has 102 valence electrons. The summed E-state index contributed by atoms with van der Waals surface area (Å²) in [6.07, 6.45) is 3.79. The monoisotopic (exact) mass is 260 g/mol. The van der Waals surface area contributed by atoms with E-state index in [9.17, 15) is 0 Å². The normalized spacial score (nSPS) is 29.4. The molecule has 0 amide bonds. The van der Waals surface area contributed by atoms with Crippen LogP contribution in [0.5, 0.6) is 0 Å². The van der Waals surface area contributed by atoms with Crippen LogP contribution in [-0.4, -0.2) is 37.8 Å². The van der Waals surface area contributed by atoms with Gasteiger partial charge in [-0.05, 0) is 46.0 Å². The molecule has 1 aliphatic rings. The van der Waals surface area contributed by atoms with Crippen molar-refractivity contribution in [1.82, 2.24) is 0 Å². The third kappa shape index (κ3) is 4.96. The van der Waals surface area contributed by atoms with E-state index in [0.717, 1.165) is 19.1 Å². The van der Waals surface area contributed by atoms with Crippen molar-refractivity contribution in [3.05, 3.63) is 0 Å². The van der Waals surface area contributed by atoms with Crippen LogP contribution in [0.3, 0.4) is 0 Å². The van der Waals surface area contributed by atoms with Crippen LogP contribution in [0.4, 0.5) is 0 Å². The van der Waals surface area contributed by atoms with Crippen molar-refractivity contribution in [2.75, 3.05) is 31.8 Å². The summed E-state index contributed by atoms with van der Waals surface area (Å²) < 4.78 is 15.0. The molecule has 0 N–H and O–H groups in total. The first-order valence-electron chi connectivity index (χ1n) is 6.80. The number of hydrogen-bond acceptors (Lipinski definition) is 3. The number of methoxy groups -OCH3 is 1. The quantitative estimate of drug-likeness (QED) is 0.746. The van der Waals surface area contributed by atoms with Gasteiger partial charge in [0.2, 0.25) is 0 Å². The standard InChI is InChI=1S/C13H28N2OS/c1-5-14-17(15-12(2)3)10-7-13(8-11-17)6-9-16-4/h12-13H,5-11H2,1-4H3. The summed E-state index contributed by atoms with van der Waals surface area (Å²) in [5.74, 6) is 3.27. The summed E-state index contributed by atoms with van der Waals surface area (Å²) in [5.41, 5.74) is 0. The molecule has 0 aromatic carbocycles. The van der Waals surface area contributed by atoms with E-state index in [4.69, 9.17) is 13.5 Å². The van der Waals surface area contributed by atoms with Crippen LogP contribution in [0, 0.1) is 5.92 Å². The molecule has 1 saturated heterocycles. The van der Waals surface area contributed by atoms with Crippen LogP contribution in [0.25, 0.3) is 0 Å². The Hall–Kier alpha value is -0.0900. The first kappa shape index (κ1) is 15.0. The fraction of sp³-hybridized carbons (Fsp3) is 1.00. The summed E-state index contributed by atoms with van der Waals surface area (Å²) >= 11 is 0. The molecule has 0 aromatic heterocycles. The maximum atomic E-state index is 5.17. The highest BCUT2D eigenvalue weighted by molar-refractivity contribution is 7.95. The molecular formula is C13H28N2OS. The summed E-state index contributed by atoms with van der Waals surface area (Å²) in [6.45, 7) is 8.32. The fourth-order valence-corrected chi connectivity index (χ4v) is 5.86. The van der Waals surface area contributed by atoms with Gasteiger partial charge in [0.05, 0.1) is 6.04 Å². The van der Waals surface area contributed by atoms with Gasteiger partial charge < -0.3 is 4.74 Å². The molecule has 1 aliphatic heterocycles. The summed E-state index contributed by atoms with van der Waals surface area (Å²) in [5, 5.41) is 0. The molecule has 17 heavy (non-hydrogen) atoms. The van der Waals surface area contributed by atoms with Crippen molar-refractivity contribution in [2.45, 2.75) is 46.1 Å². The highest BCUT2D eigenvalue weighted by Gasteiger charge is 2.21. The van der Waals surface area contributed by atoms with E-state index in [1.165, 1.54) is 30.8 Å². The van der Waals surface area contributed by atoms with Crippen molar-refractivity contribution in [1.29, 1.82) is 0 Å². The molecule has 0 unspecified atom stereocenters. The van der Waals surface area contributed by atoms with Gasteiger partial charge in [-0.2, -0.15) is 0 Å². The fourth-order valence-electron chi connectivity index (χ4n) is 2.43. The Morgan fingerprint density at radius 1 is 1.29 bits per heavy atom. The van der Waals surface area contributed by atoms with E-state index < -0.39 is 9.62 Å². The van der Waals surface area contributed by atoms with E-state index in [-0.39, 0.29) is 0 Å². The molecule has 0 aliphatic carbocycles. The third-order valence-corrected chi connectivity index (χ3v) is 6.54. The highest BCUT2D eigenvalue weighted by atomic mass is 32.2. The second-order valence-electron chi connectivity index (χ2n) is 5.08. The van der Waals surface area contributed by atoms with Crippen LogP contribution in [0.1, 0.15) is 40.0 Å². The van der Waals surface area contributed by atoms with E-state index in [1.807, 2.05) is 0 Å². The number of nitrogens with zero attached hydrogens (tertiary/aromatic N) is 2. The molecule has 0 bridgehead atoms. The Balaban J connectivity index is 2.66. The second-order valence-corrected chi connectivity index (χ2v) is 7.97. The molecule has 0 aromatic rings. The molecule has 1 heterocycles. The van der Waals surface area contributed by atoms with Crippen molar-refractivity contribution < 1.29 is 4.74 Å². The Labute approximate surface area is 107 Å². The summed E-state index contributed by atoms with van der Waals surface area (Å²) in [7, 11) is 0.795. The first-order chi connectivity index (χ1) is 8.12. The van der Waals surface area contributed by atoms with Gasteiger partial charge in [0.1, 0.15) is 0 Å². The van der Waals surface area contributed by atoms with E-state index in [2.05, 4.69) is 20.8 Å². The zero-order valence-electron chi connectivity index (χ0n) is 11.8. The molecular weight excluding hydrogens is 232 g/mol. The van der Waals surface area contributed by atoms with Gasteiger partial charge in [-0.3, -0.25) is 8.73 Å². The molecule has 0 radical (unpaired) electrons. The highest BCUT2D eigenvalue weighted by Crippen LogP contribution is 2.25. The van der Waals surface area contributed by atoms with Crippen LogP contribution in [0.2, 0.25) is 0 Å². The van der Waals surface area contributed by atoms with Gasteiger partial charge in [0, 0.05) is 31.8 Å². The zero-order chi connectivity index (χ0) is 12.7. The Kier molecular flexibility index (Phi) is 6.49. The molecule has 0 saturated carbocycles. The second kappa shape index (κ2) is 7.37. The number of hydrogen-bond donors (Lipinski definition) is 0. The molecule has 1 fully saturated rings. The first-order valence-corrected chi connectivity index (χ1v) is 8.69. The topological polar surface area (TPSA) is 34.0 Å². The van der Waals surface area contributed by atoms with E-state index in [1.54, 1.807) is 7.11 Å². The molecule has 3 nitrogen and oxygen atoms in total. The number of rotatable bonds is 5. The summed E-state index contributed by atoms with van der Waals surface area (Å²) in [6, 6.07) is 0.427. The lowest BCUT2D eigenvalue weighted by Gasteiger charge is -2.28. The molecule has 1 rings (SSSR count). The average molecular weight is 260 g/mol. The van der Waals surface area contributed by atoms with Crippen molar-refractivity contribution in [2.24, 2.45) is 14.6 Å². The van der Waals surface area contributed by atoms with Crippen molar-refractivity contribution in [3.8, 4) is 0 Å².